The third kappa shape index (κ3) is 3.53. The fourth-order valence-corrected chi connectivity index (χ4v) is 3.42. The minimum Gasteiger partial charge on any atom is -0.496 e. The number of ether oxygens (including phenoxy) is 2. The van der Waals surface area contributed by atoms with E-state index in [1.54, 1.807) is 7.11 Å². The van der Waals surface area contributed by atoms with E-state index in [-0.39, 0.29) is 5.60 Å². The molecule has 1 aliphatic heterocycles. The van der Waals surface area contributed by atoms with Crippen molar-refractivity contribution in [1.29, 1.82) is 0 Å². The maximum Gasteiger partial charge on any atom is 0.122 e. The van der Waals surface area contributed by atoms with Crippen molar-refractivity contribution in [2.45, 2.75) is 44.6 Å². The first-order valence-corrected chi connectivity index (χ1v) is 7.54. The molecule has 0 spiro atoms. The van der Waals surface area contributed by atoms with Gasteiger partial charge in [0.25, 0.3) is 0 Å². The molecule has 0 saturated carbocycles. The molecule has 3 nitrogen and oxygen atoms in total. The summed E-state index contributed by atoms with van der Waals surface area (Å²) in [5.74, 6) is 2.05. The van der Waals surface area contributed by atoms with Crippen molar-refractivity contribution in [1.82, 2.24) is 0 Å². The molecule has 0 aromatic heterocycles. The number of hydrogen-bond acceptors (Lipinski definition) is 3. The number of para-hydroxylation sites is 1. The molecule has 0 aliphatic carbocycles. The van der Waals surface area contributed by atoms with Crippen LogP contribution in [0.1, 0.15) is 44.6 Å². The van der Waals surface area contributed by atoms with Gasteiger partial charge in [0.2, 0.25) is 0 Å². The summed E-state index contributed by atoms with van der Waals surface area (Å²) < 4.78 is 11.4. The summed E-state index contributed by atoms with van der Waals surface area (Å²) in [5.41, 5.74) is 7.13. The van der Waals surface area contributed by atoms with Crippen LogP contribution in [-0.2, 0) is 4.74 Å². The fraction of sp³-hybridized carbons (Fsp3) is 0.647. The van der Waals surface area contributed by atoms with Gasteiger partial charge in [0.15, 0.2) is 0 Å². The third-order valence-electron chi connectivity index (χ3n) is 4.32. The molecule has 0 unspecified atom stereocenters. The van der Waals surface area contributed by atoms with Crippen molar-refractivity contribution in [2.24, 2.45) is 11.7 Å². The Morgan fingerprint density at radius 1 is 1.40 bits per heavy atom. The quantitative estimate of drug-likeness (QED) is 0.898. The highest BCUT2D eigenvalue weighted by Crippen LogP contribution is 2.42. The van der Waals surface area contributed by atoms with Crippen molar-refractivity contribution in [3.8, 4) is 5.75 Å². The van der Waals surface area contributed by atoms with Crippen LogP contribution in [0.5, 0.6) is 5.75 Å². The summed E-state index contributed by atoms with van der Waals surface area (Å²) in [4.78, 5) is 0. The van der Waals surface area contributed by atoms with Gasteiger partial charge in [-0.3, -0.25) is 0 Å². The molecule has 1 fully saturated rings. The van der Waals surface area contributed by atoms with Crippen LogP contribution in [-0.4, -0.2) is 25.9 Å². The van der Waals surface area contributed by atoms with Crippen LogP contribution in [0.25, 0.3) is 0 Å². The van der Waals surface area contributed by atoms with Crippen molar-refractivity contribution in [3.05, 3.63) is 29.8 Å². The van der Waals surface area contributed by atoms with Gasteiger partial charge in [0.05, 0.1) is 12.7 Å². The van der Waals surface area contributed by atoms with Crippen LogP contribution in [0.2, 0.25) is 0 Å². The second kappa shape index (κ2) is 6.59. The summed E-state index contributed by atoms with van der Waals surface area (Å²) in [6.45, 7) is 5.91. The molecular formula is C17H27NO2. The first kappa shape index (κ1) is 15.3. The van der Waals surface area contributed by atoms with E-state index in [0.717, 1.165) is 31.6 Å². The molecule has 0 amide bonds. The fourth-order valence-electron chi connectivity index (χ4n) is 3.42. The first-order valence-electron chi connectivity index (χ1n) is 7.54. The minimum absolute atomic E-state index is 0.0300. The van der Waals surface area contributed by atoms with E-state index in [2.05, 4.69) is 26.0 Å². The number of benzene rings is 1. The molecule has 1 aromatic carbocycles. The standard InChI is InChI=1S/C17H27NO2/c1-17(2)12-13(9-11-20-17)14(8-10-18)15-6-4-5-7-16(15)19-3/h4-7,13-14H,8-12,18H2,1-3H3/t13-,14-/m0/s1. The molecule has 2 N–H and O–H groups in total. The number of rotatable bonds is 5. The van der Waals surface area contributed by atoms with Crippen LogP contribution in [0.4, 0.5) is 0 Å². The maximum absolute atomic E-state index is 5.86. The Hall–Kier alpha value is -1.06. The third-order valence-corrected chi connectivity index (χ3v) is 4.32. The molecular weight excluding hydrogens is 250 g/mol. The molecule has 1 saturated heterocycles. The zero-order valence-electron chi connectivity index (χ0n) is 12.9. The summed E-state index contributed by atoms with van der Waals surface area (Å²) in [7, 11) is 1.74. The van der Waals surface area contributed by atoms with Gasteiger partial charge in [-0.25, -0.2) is 0 Å². The summed E-state index contributed by atoms with van der Waals surface area (Å²) in [5, 5.41) is 0. The normalized spacial score (nSPS) is 23.3. The van der Waals surface area contributed by atoms with Gasteiger partial charge < -0.3 is 15.2 Å². The molecule has 3 heteroatoms. The Morgan fingerprint density at radius 2 is 2.15 bits per heavy atom. The lowest BCUT2D eigenvalue weighted by molar-refractivity contribution is -0.0772. The van der Waals surface area contributed by atoms with Gasteiger partial charge in [-0.05, 0) is 63.1 Å². The Bertz CT molecular complexity index is 431. The van der Waals surface area contributed by atoms with Crippen LogP contribution in [0, 0.1) is 5.92 Å². The number of hydrogen-bond donors (Lipinski definition) is 1. The van der Waals surface area contributed by atoms with E-state index in [4.69, 9.17) is 15.2 Å². The predicted molar refractivity (Wildman–Crippen MR) is 82.2 cm³/mol. The van der Waals surface area contributed by atoms with Gasteiger partial charge in [-0.15, -0.1) is 0 Å². The molecule has 1 aromatic rings. The smallest absolute Gasteiger partial charge is 0.122 e. The highest BCUT2D eigenvalue weighted by atomic mass is 16.5. The highest BCUT2D eigenvalue weighted by Gasteiger charge is 2.34. The van der Waals surface area contributed by atoms with Gasteiger partial charge in [-0.2, -0.15) is 0 Å². The Balaban J connectivity index is 2.26. The Kier molecular flexibility index (Phi) is 5.06. The van der Waals surface area contributed by atoms with Crippen LogP contribution < -0.4 is 10.5 Å². The lowest BCUT2D eigenvalue weighted by atomic mass is 9.75. The van der Waals surface area contributed by atoms with Gasteiger partial charge in [-0.1, -0.05) is 18.2 Å². The van der Waals surface area contributed by atoms with E-state index >= 15 is 0 Å². The topological polar surface area (TPSA) is 44.5 Å². The van der Waals surface area contributed by atoms with E-state index in [1.807, 2.05) is 12.1 Å². The first-order chi connectivity index (χ1) is 9.57. The van der Waals surface area contributed by atoms with Gasteiger partial charge >= 0.3 is 0 Å². The molecule has 112 valence electrons. The van der Waals surface area contributed by atoms with Crippen molar-refractivity contribution >= 4 is 0 Å². The summed E-state index contributed by atoms with van der Waals surface area (Å²) in [6, 6.07) is 8.34. The van der Waals surface area contributed by atoms with Crippen molar-refractivity contribution in [2.75, 3.05) is 20.3 Å². The molecule has 0 radical (unpaired) electrons. The largest absolute Gasteiger partial charge is 0.496 e. The van der Waals surface area contributed by atoms with Crippen LogP contribution >= 0.6 is 0 Å². The predicted octanol–water partition coefficient (Wildman–Crippen LogP) is 3.33. The van der Waals surface area contributed by atoms with E-state index in [9.17, 15) is 0 Å². The summed E-state index contributed by atoms with van der Waals surface area (Å²) in [6.07, 6.45) is 3.18. The molecule has 20 heavy (non-hydrogen) atoms. The maximum atomic E-state index is 5.86. The van der Waals surface area contributed by atoms with Crippen molar-refractivity contribution in [3.63, 3.8) is 0 Å². The molecule has 0 bridgehead atoms. The molecule has 2 rings (SSSR count). The van der Waals surface area contributed by atoms with Crippen molar-refractivity contribution < 1.29 is 9.47 Å². The second-order valence-corrected chi connectivity index (χ2v) is 6.29. The lowest BCUT2D eigenvalue weighted by Gasteiger charge is -2.39. The SMILES string of the molecule is COc1ccccc1[C@@H](CCN)[C@H]1CCOC(C)(C)C1. The average Bonchev–Trinajstić information content (AvgIpc) is 2.43. The monoisotopic (exact) mass is 277 g/mol. The van der Waals surface area contributed by atoms with E-state index in [0.29, 0.717) is 18.4 Å². The van der Waals surface area contributed by atoms with Crippen LogP contribution in [0.3, 0.4) is 0 Å². The zero-order valence-corrected chi connectivity index (χ0v) is 12.9. The summed E-state index contributed by atoms with van der Waals surface area (Å²) >= 11 is 0. The lowest BCUT2D eigenvalue weighted by Crippen LogP contribution is -2.36. The molecule has 2 atom stereocenters. The highest BCUT2D eigenvalue weighted by molar-refractivity contribution is 5.36. The second-order valence-electron chi connectivity index (χ2n) is 6.29. The van der Waals surface area contributed by atoms with E-state index in [1.165, 1.54) is 5.56 Å². The molecule has 1 aliphatic rings. The zero-order chi connectivity index (χ0) is 14.6. The van der Waals surface area contributed by atoms with Gasteiger partial charge in [0.1, 0.15) is 5.75 Å². The number of methoxy groups -OCH3 is 1. The molecule has 1 heterocycles. The number of nitrogens with two attached hydrogens (primary N) is 1. The average molecular weight is 277 g/mol. The van der Waals surface area contributed by atoms with E-state index < -0.39 is 0 Å². The minimum atomic E-state index is -0.0300. The van der Waals surface area contributed by atoms with Gasteiger partial charge in [0, 0.05) is 6.61 Å². The van der Waals surface area contributed by atoms with Crippen LogP contribution in [0.15, 0.2) is 24.3 Å². The Morgan fingerprint density at radius 3 is 2.80 bits per heavy atom. The Labute approximate surface area is 122 Å².